The van der Waals surface area contributed by atoms with Crippen molar-refractivity contribution in [2.24, 2.45) is 5.92 Å². The summed E-state index contributed by atoms with van der Waals surface area (Å²) in [5, 5.41) is 2.86. The minimum absolute atomic E-state index is 0.0114. The van der Waals surface area contributed by atoms with Gasteiger partial charge in [-0.05, 0) is 25.3 Å². The molecule has 2 amide bonds. The third-order valence-corrected chi connectivity index (χ3v) is 4.62. The molecule has 1 fully saturated rings. The zero-order valence-electron chi connectivity index (χ0n) is 15.1. The average molecular weight is 346 g/mol. The van der Waals surface area contributed by atoms with Gasteiger partial charge in [0.2, 0.25) is 11.8 Å². The molecule has 0 aliphatic carbocycles. The van der Waals surface area contributed by atoms with Gasteiger partial charge in [0, 0.05) is 20.0 Å². The molecule has 6 nitrogen and oxygen atoms in total. The summed E-state index contributed by atoms with van der Waals surface area (Å²) in [4.78, 5) is 37.5. The van der Waals surface area contributed by atoms with Crippen LogP contribution in [0.4, 0.5) is 0 Å². The Morgan fingerprint density at radius 2 is 1.80 bits per heavy atom. The van der Waals surface area contributed by atoms with E-state index in [1.54, 1.807) is 4.90 Å². The highest BCUT2D eigenvalue weighted by atomic mass is 16.5. The molecule has 0 bridgehead atoms. The Hall–Kier alpha value is -2.37. The lowest BCUT2D eigenvalue weighted by Crippen LogP contribution is -2.42. The molecule has 1 aromatic rings. The van der Waals surface area contributed by atoms with Crippen LogP contribution in [0.2, 0.25) is 0 Å². The number of carbonyl (C=O) groups is 3. The molecular weight excluding hydrogens is 320 g/mol. The number of piperidine rings is 1. The first-order valence-electron chi connectivity index (χ1n) is 8.60. The van der Waals surface area contributed by atoms with Crippen molar-refractivity contribution in [1.82, 2.24) is 10.2 Å². The van der Waals surface area contributed by atoms with Crippen molar-refractivity contribution >= 4 is 17.8 Å². The fraction of sp³-hybridized carbons (Fsp3) is 0.526. The second-order valence-electron chi connectivity index (χ2n) is 6.55. The van der Waals surface area contributed by atoms with Crippen LogP contribution >= 0.6 is 0 Å². The molecule has 0 aromatic heterocycles. The maximum atomic E-state index is 12.6. The van der Waals surface area contributed by atoms with E-state index in [-0.39, 0.29) is 36.2 Å². The Labute approximate surface area is 148 Å². The van der Waals surface area contributed by atoms with E-state index in [0.29, 0.717) is 25.9 Å². The third kappa shape index (κ3) is 5.31. The van der Waals surface area contributed by atoms with Gasteiger partial charge >= 0.3 is 5.97 Å². The van der Waals surface area contributed by atoms with Gasteiger partial charge in [-0.15, -0.1) is 0 Å². The summed E-state index contributed by atoms with van der Waals surface area (Å²) in [7, 11) is 1.39. The predicted octanol–water partition coefficient (Wildman–Crippen LogP) is 1.97. The minimum Gasteiger partial charge on any atom is -0.469 e. The Kier molecular flexibility index (Phi) is 6.56. The van der Waals surface area contributed by atoms with E-state index in [4.69, 9.17) is 4.74 Å². The van der Waals surface area contributed by atoms with E-state index in [1.807, 2.05) is 31.2 Å². The normalized spacial score (nSPS) is 16.2. The molecular formula is C19H26N2O4. The highest BCUT2D eigenvalue weighted by Gasteiger charge is 2.29. The molecule has 1 heterocycles. The first-order valence-corrected chi connectivity index (χ1v) is 8.60. The van der Waals surface area contributed by atoms with Gasteiger partial charge in [-0.25, -0.2) is 0 Å². The number of nitrogens with one attached hydrogen (secondary N) is 1. The zero-order valence-corrected chi connectivity index (χ0v) is 15.1. The second-order valence-corrected chi connectivity index (χ2v) is 6.55. The Balaban J connectivity index is 1.99. The van der Waals surface area contributed by atoms with Gasteiger partial charge in [0.05, 0.1) is 25.5 Å². The molecule has 136 valence electrons. The van der Waals surface area contributed by atoms with Crippen molar-refractivity contribution in [3.63, 3.8) is 0 Å². The van der Waals surface area contributed by atoms with E-state index >= 15 is 0 Å². The lowest BCUT2D eigenvalue weighted by atomic mass is 9.96. The molecule has 1 aromatic carbocycles. The van der Waals surface area contributed by atoms with Gasteiger partial charge in [-0.1, -0.05) is 29.8 Å². The number of aryl methyl sites for hydroxylation is 1. The second kappa shape index (κ2) is 8.65. The number of esters is 1. The summed E-state index contributed by atoms with van der Waals surface area (Å²) in [6.45, 7) is 4.53. The smallest absolute Gasteiger partial charge is 0.308 e. The van der Waals surface area contributed by atoms with Gasteiger partial charge in [-0.2, -0.15) is 0 Å². The predicted molar refractivity (Wildman–Crippen MR) is 93.7 cm³/mol. The lowest BCUT2D eigenvalue weighted by Gasteiger charge is -2.32. The van der Waals surface area contributed by atoms with Crippen LogP contribution in [0.1, 0.15) is 43.4 Å². The summed E-state index contributed by atoms with van der Waals surface area (Å²) in [5.74, 6) is -0.509. The van der Waals surface area contributed by atoms with E-state index < -0.39 is 0 Å². The maximum absolute atomic E-state index is 12.6. The SMILES string of the molecule is COC(=O)C1CCN(C(=O)CC(NC(C)=O)c2ccc(C)cc2)CC1. The molecule has 1 aliphatic heterocycles. The van der Waals surface area contributed by atoms with Crippen molar-refractivity contribution in [2.45, 2.75) is 39.2 Å². The number of hydrogen-bond acceptors (Lipinski definition) is 4. The number of hydrogen-bond donors (Lipinski definition) is 1. The van der Waals surface area contributed by atoms with Crippen LogP contribution in [0.15, 0.2) is 24.3 Å². The molecule has 0 radical (unpaired) electrons. The number of likely N-dealkylation sites (tertiary alicyclic amines) is 1. The van der Waals surface area contributed by atoms with Crippen molar-refractivity contribution in [1.29, 1.82) is 0 Å². The largest absolute Gasteiger partial charge is 0.469 e. The number of ether oxygens (including phenoxy) is 1. The minimum atomic E-state index is -0.344. The van der Waals surface area contributed by atoms with Crippen LogP contribution in [-0.2, 0) is 19.1 Å². The Morgan fingerprint density at radius 3 is 2.32 bits per heavy atom. The number of carbonyl (C=O) groups excluding carboxylic acids is 3. The van der Waals surface area contributed by atoms with Crippen molar-refractivity contribution in [2.75, 3.05) is 20.2 Å². The van der Waals surface area contributed by atoms with E-state index in [9.17, 15) is 14.4 Å². The molecule has 1 unspecified atom stereocenters. The van der Waals surface area contributed by atoms with Crippen molar-refractivity contribution in [3.05, 3.63) is 35.4 Å². The van der Waals surface area contributed by atoms with Crippen LogP contribution < -0.4 is 5.32 Å². The van der Waals surface area contributed by atoms with Crippen molar-refractivity contribution < 1.29 is 19.1 Å². The Morgan fingerprint density at radius 1 is 1.20 bits per heavy atom. The summed E-state index contributed by atoms with van der Waals surface area (Å²) >= 11 is 0. The molecule has 1 N–H and O–H groups in total. The Bertz CT molecular complexity index is 619. The highest BCUT2D eigenvalue weighted by molar-refractivity contribution is 5.80. The van der Waals surface area contributed by atoms with E-state index in [2.05, 4.69) is 5.32 Å². The molecule has 0 spiro atoms. The number of methoxy groups -OCH3 is 1. The summed E-state index contributed by atoms with van der Waals surface area (Å²) in [5.41, 5.74) is 2.04. The molecule has 0 saturated carbocycles. The quantitative estimate of drug-likeness (QED) is 0.827. The average Bonchev–Trinajstić information content (AvgIpc) is 2.60. The van der Waals surface area contributed by atoms with E-state index in [1.165, 1.54) is 14.0 Å². The number of nitrogens with zero attached hydrogens (tertiary/aromatic N) is 1. The molecule has 6 heteroatoms. The fourth-order valence-corrected chi connectivity index (χ4v) is 3.13. The summed E-state index contributed by atoms with van der Waals surface area (Å²) < 4.78 is 4.77. The van der Waals surface area contributed by atoms with E-state index in [0.717, 1.165) is 11.1 Å². The monoisotopic (exact) mass is 346 g/mol. The van der Waals surface area contributed by atoms with Gasteiger partial charge < -0.3 is 15.0 Å². The summed E-state index contributed by atoms with van der Waals surface area (Å²) in [6, 6.07) is 7.47. The van der Waals surface area contributed by atoms with Gasteiger partial charge in [0.15, 0.2) is 0 Å². The third-order valence-electron chi connectivity index (χ3n) is 4.62. The van der Waals surface area contributed by atoms with Crippen LogP contribution in [0, 0.1) is 12.8 Å². The highest BCUT2D eigenvalue weighted by Crippen LogP contribution is 2.23. The fourth-order valence-electron chi connectivity index (χ4n) is 3.13. The van der Waals surface area contributed by atoms with Crippen molar-refractivity contribution in [3.8, 4) is 0 Å². The number of rotatable bonds is 5. The molecule has 1 aliphatic rings. The maximum Gasteiger partial charge on any atom is 0.308 e. The number of benzene rings is 1. The van der Waals surface area contributed by atoms with Crippen LogP contribution in [0.5, 0.6) is 0 Å². The molecule has 2 rings (SSSR count). The van der Waals surface area contributed by atoms with Gasteiger partial charge in [-0.3, -0.25) is 14.4 Å². The molecule has 1 atom stereocenters. The molecule has 25 heavy (non-hydrogen) atoms. The van der Waals surface area contributed by atoms with Crippen LogP contribution in [0.3, 0.4) is 0 Å². The lowest BCUT2D eigenvalue weighted by molar-refractivity contribution is -0.149. The topological polar surface area (TPSA) is 75.7 Å². The van der Waals surface area contributed by atoms with Crippen LogP contribution in [-0.4, -0.2) is 42.9 Å². The first-order chi connectivity index (χ1) is 11.9. The standard InChI is InChI=1S/C19H26N2O4/c1-13-4-6-15(7-5-13)17(20-14(2)22)12-18(23)21-10-8-16(9-11-21)19(24)25-3/h4-7,16-17H,8-12H2,1-3H3,(H,20,22). The van der Waals surface area contributed by atoms with Gasteiger partial charge in [0.25, 0.3) is 0 Å². The first kappa shape index (κ1) is 19.0. The van der Waals surface area contributed by atoms with Gasteiger partial charge in [0.1, 0.15) is 0 Å². The van der Waals surface area contributed by atoms with Crippen LogP contribution in [0.25, 0.3) is 0 Å². The molecule has 1 saturated heterocycles. The zero-order chi connectivity index (χ0) is 18.4. The summed E-state index contributed by atoms with van der Waals surface area (Å²) in [6.07, 6.45) is 1.45. The number of amides is 2.